The summed E-state index contributed by atoms with van der Waals surface area (Å²) in [6.07, 6.45) is 2.54. The van der Waals surface area contributed by atoms with E-state index in [2.05, 4.69) is 15.3 Å². The molecule has 2 heterocycles. The SMILES string of the molecule is CNC(=O)N1CCc2[nH]cnc2C1. The number of aromatic amines is 1. The van der Waals surface area contributed by atoms with Gasteiger partial charge in [0.05, 0.1) is 18.6 Å². The van der Waals surface area contributed by atoms with Gasteiger partial charge in [0.2, 0.25) is 0 Å². The van der Waals surface area contributed by atoms with Crippen molar-refractivity contribution in [1.82, 2.24) is 20.2 Å². The molecule has 0 atom stereocenters. The number of carbonyl (C=O) groups is 1. The monoisotopic (exact) mass is 180 g/mol. The van der Waals surface area contributed by atoms with Crippen molar-refractivity contribution in [1.29, 1.82) is 0 Å². The summed E-state index contributed by atoms with van der Waals surface area (Å²) in [7, 11) is 1.64. The molecule has 1 aliphatic heterocycles. The van der Waals surface area contributed by atoms with E-state index in [1.54, 1.807) is 18.3 Å². The molecular formula is C8H12N4O. The number of carbonyl (C=O) groups excluding carboxylic acids is 1. The van der Waals surface area contributed by atoms with E-state index in [1.165, 1.54) is 0 Å². The molecule has 5 nitrogen and oxygen atoms in total. The summed E-state index contributed by atoms with van der Waals surface area (Å²) in [5.41, 5.74) is 2.13. The number of hydrogen-bond acceptors (Lipinski definition) is 2. The number of urea groups is 1. The Bertz CT molecular complexity index is 320. The lowest BCUT2D eigenvalue weighted by atomic mass is 10.1. The number of hydrogen-bond donors (Lipinski definition) is 2. The fourth-order valence-corrected chi connectivity index (χ4v) is 1.54. The van der Waals surface area contributed by atoms with E-state index in [0.717, 1.165) is 24.4 Å². The second-order valence-corrected chi connectivity index (χ2v) is 3.05. The molecule has 2 amide bonds. The van der Waals surface area contributed by atoms with E-state index < -0.39 is 0 Å². The van der Waals surface area contributed by atoms with Gasteiger partial charge in [-0.15, -0.1) is 0 Å². The Balaban J connectivity index is 2.13. The molecule has 0 aromatic carbocycles. The Hall–Kier alpha value is -1.52. The molecule has 0 radical (unpaired) electrons. The topological polar surface area (TPSA) is 61.0 Å². The van der Waals surface area contributed by atoms with Gasteiger partial charge in [-0.2, -0.15) is 0 Å². The van der Waals surface area contributed by atoms with Gasteiger partial charge >= 0.3 is 6.03 Å². The third-order valence-corrected chi connectivity index (χ3v) is 2.28. The molecule has 70 valence electrons. The van der Waals surface area contributed by atoms with Gasteiger partial charge in [0.1, 0.15) is 0 Å². The van der Waals surface area contributed by atoms with Crippen LogP contribution in [0.1, 0.15) is 11.4 Å². The van der Waals surface area contributed by atoms with Gasteiger partial charge in [-0.05, 0) is 0 Å². The summed E-state index contributed by atoms with van der Waals surface area (Å²) >= 11 is 0. The minimum absolute atomic E-state index is 0.0337. The minimum atomic E-state index is -0.0337. The number of imidazole rings is 1. The predicted molar refractivity (Wildman–Crippen MR) is 47.2 cm³/mol. The third kappa shape index (κ3) is 1.37. The highest BCUT2D eigenvalue weighted by Crippen LogP contribution is 2.14. The summed E-state index contributed by atoms with van der Waals surface area (Å²) in [5.74, 6) is 0. The number of nitrogens with one attached hydrogen (secondary N) is 2. The molecule has 2 rings (SSSR count). The quantitative estimate of drug-likeness (QED) is 0.595. The zero-order valence-electron chi connectivity index (χ0n) is 7.50. The number of amides is 2. The second-order valence-electron chi connectivity index (χ2n) is 3.05. The molecule has 0 fully saturated rings. The molecule has 2 N–H and O–H groups in total. The van der Waals surface area contributed by atoms with Crippen molar-refractivity contribution in [2.24, 2.45) is 0 Å². The van der Waals surface area contributed by atoms with Crippen molar-refractivity contribution >= 4 is 6.03 Å². The molecule has 0 saturated heterocycles. The normalized spacial score (nSPS) is 15.3. The van der Waals surface area contributed by atoms with Gasteiger partial charge in [-0.3, -0.25) is 0 Å². The summed E-state index contributed by atoms with van der Waals surface area (Å²) < 4.78 is 0. The van der Waals surface area contributed by atoms with Gasteiger partial charge < -0.3 is 15.2 Å². The number of H-pyrrole nitrogens is 1. The number of fused-ring (bicyclic) bond motifs is 1. The Kier molecular flexibility index (Phi) is 1.92. The van der Waals surface area contributed by atoms with Gasteiger partial charge in [-0.1, -0.05) is 0 Å². The van der Waals surface area contributed by atoms with Crippen LogP contribution in [0.3, 0.4) is 0 Å². The first-order valence-corrected chi connectivity index (χ1v) is 4.29. The molecule has 5 heteroatoms. The highest BCUT2D eigenvalue weighted by atomic mass is 16.2. The first kappa shape index (κ1) is 8.10. The lowest BCUT2D eigenvalue weighted by Crippen LogP contribution is -2.41. The fraction of sp³-hybridized carbons (Fsp3) is 0.500. The van der Waals surface area contributed by atoms with Gasteiger partial charge in [0, 0.05) is 25.7 Å². The van der Waals surface area contributed by atoms with Gasteiger partial charge in [-0.25, -0.2) is 9.78 Å². The van der Waals surface area contributed by atoms with E-state index in [9.17, 15) is 4.79 Å². The first-order chi connectivity index (χ1) is 6.31. The van der Waals surface area contributed by atoms with E-state index in [0.29, 0.717) is 6.54 Å². The lowest BCUT2D eigenvalue weighted by Gasteiger charge is -2.25. The smallest absolute Gasteiger partial charge is 0.317 e. The maximum Gasteiger partial charge on any atom is 0.317 e. The van der Waals surface area contributed by atoms with Crippen LogP contribution < -0.4 is 5.32 Å². The highest BCUT2D eigenvalue weighted by molar-refractivity contribution is 5.74. The molecule has 1 aromatic rings. The largest absolute Gasteiger partial charge is 0.348 e. The highest BCUT2D eigenvalue weighted by Gasteiger charge is 2.20. The summed E-state index contributed by atoms with van der Waals surface area (Å²) in [5, 5.41) is 2.61. The van der Waals surface area contributed by atoms with E-state index in [4.69, 9.17) is 0 Å². The van der Waals surface area contributed by atoms with Crippen LogP contribution in [-0.2, 0) is 13.0 Å². The maximum atomic E-state index is 11.3. The second kappa shape index (κ2) is 3.08. The standard InChI is InChI=1S/C8H12N4O/c1-9-8(13)12-3-2-6-7(4-12)11-5-10-6/h5H,2-4H2,1H3,(H,9,13)(H,10,11). The molecule has 0 spiro atoms. The number of nitrogens with zero attached hydrogens (tertiary/aromatic N) is 2. The molecule has 1 aromatic heterocycles. The molecule has 0 bridgehead atoms. The average Bonchev–Trinajstić information content (AvgIpc) is 2.63. The molecule has 0 unspecified atom stereocenters. The Morgan fingerprint density at radius 1 is 1.77 bits per heavy atom. The van der Waals surface area contributed by atoms with Crippen LogP contribution in [0.25, 0.3) is 0 Å². The molecule has 1 aliphatic rings. The molecule has 0 aliphatic carbocycles. The van der Waals surface area contributed by atoms with Crippen molar-refractivity contribution in [3.63, 3.8) is 0 Å². The van der Waals surface area contributed by atoms with Crippen LogP contribution in [0.15, 0.2) is 6.33 Å². The van der Waals surface area contributed by atoms with Crippen molar-refractivity contribution in [3.05, 3.63) is 17.7 Å². The van der Waals surface area contributed by atoms with Crippen LogP contribution in [0.2, 0.25) is 0 Å². The van der Waals surface area contributed by atoms with Crippen LogP contribution in [0, 0.1) is 0 Å². The Morgan fingerprint density at radius 3 is 3.38 bits per heavy atom. The number of rotatable bonds is 0. The van der Waals surface area contributed by atoms with Gasteiger partial charge in [0.25, 0.3) is 0 Å². The van der Waals surface area contributed by atoms with E-state index >= 15 is 0 Å². The van der Waals surface area contributed by atoms with Gasteiger partial charge in [0.15, 0.2) is 0 Å². The Morgan fingerprint density at radius 2 is 2.62 bits per heavy atom. The number of aromatic nitrogens is 2. The fourth-order valence-electron chi connectivity index (χ4n) is 1.54. The van der Waals surface area contributed by atoms with Crippen molar-refractivity contribution in [2.75, 3.05) is 13.6 Å². The van der Waals surface area contributed by atoms with Crippen molar-refractivity contribution in [2.45, 2.75) is 13.0 Å². The Labute approximate surface area is 76.2 Å². The molecular weight excluding hydrogens is 168 g/mol. The maximum absolute atomic E-state index is 11.3. The van der Waals surface area contributed by atoms with E-state index in [1.807, 2.05) is 0 Å². The first-order valence-electron chi connectivity index (χ1n) is 4.29. The lowest BCUT2D eigenvalue weighted by molar-refractivity contribution is 0.193. The zero-order chi connectivity index (χ0) is 9.26. The minimum Gasteiger partial charge on any atom is -0.348 e. The van der Waals surface area contributed by atoms with Crippen LogP contribution in [0.4, 0.5) is 4.79 Å². The average molecular weight is 180 g/mol. The molecule has 13 heavy (non-hydrogen) atoms. The summed E-state index contributed by atoms with van der Waals surface area (Å²) in [6, 6.07) is -0.0337. The van der Waals surface area contributed by atoms with Crippen molar-refractivity contribution in [3.8, 4) is 0 Å². The van der Waals surface area contributed by atoms with Crippen molar-refractivity contribution < 1.29 is 4.79 Å². The van der Waals surface area contributed by atoms with Crippen LogP contribution in [-0.4, -0.2) is 34.5 Å². The summed E-state index contributed by atoms with van der Waals surface area (Å²) in [4.78, 5) is 20.2. The summed E-state index contributed by atoms with van der Waals surface area (Å²) in [6.45, 7) is 1.37. The predicted octanol–water partition coefficient (Wildman–Crippen LogP) is 0.107. The van der Waals surface area contributed by atoms with Crippen LogP contribution in [0.5, 0.6) is 0 Å². The third-order valence-electron chi connectivity index (χ3n) is 2.28. The van der Waals surface area contributed by atoms with E-state index in [-0.39, 0.29) is 6.03 Å². The zero-order valence-corrected chi connectivity index (χ0v) is 7.50. The molecule has 0 saturated carbocycles. The van der Waals surface area contributed by atoms with Crippen LogP contribution >= 0.6 is 0 Å².